The van der Waals surface area contributed by atoms with Crippen molar-refractivity contribution < 1.29 is 24.2 Å². The summed E-state index contributed by atoms with van der Waals surface area (Å²) in [5, 5.41) is 11.8. The predicted molar refractivity (Wildman–Crippen MR) is 101 cm³/mol. The Hall–Kier alpha value is -2.80. The number of aliphatic carboxylic acids is 1. The maximum absolute atomic E-state index is 12.2. The van der Waals surface area contributed by atoms with Crippen molar-refractivity contribution in [1.82, 2.24) is 5.32 Å². The van der Waals surface area contributed by atoms with Crippen LogP contribution in [0.2, 0.25) is 0 Å². The zero-order valence-corrected chi connectivity index (χ0v) is 15.9. The van der Waals surface area contributed by atoms with Crippen molar-refractivity contribution >= 4 is 33.9 Å². The number of rotatable bonds is 7. The molecule has 0 saturated heterocycles. The summed E-state index contributed by atoms with van der Waals surface area (Å²) < 4.78 is 11.4. The molecule has 0 aromatic heterocycles. The SMILES string of the molecule is CCOc1c(Br)cc(/C=C(/NC(=O)c2ccccc2)C(=O)O)cc1OC. The molecule has 2 N–H and O–H groups in total. The van der Waals surface area contributed by atoms with Crippen LogP contribution in [0.25, 0.3) is 6.08 Å². The average Bonchev–Trinajstić information content (AvgIpc) is 2.63. The summed E-state index contributed by atoms with van der Waals surface area (Å²) >= 11 is 3.39. The first-order valence-electron chi connectivity index (χ1n) is 7.78. The van der Waals surface area contributed by atoms with E-state index in [9.17, 15) is 14.7 Å². The van der Waals surface area contributed by atoms with Crippen LogP contribution in [0.1, 0.15) is 22.8 Å². The minimum atomic E-state index is -1.25. The molecular weight excluding hydrogens is 402 g/mol. The number of carbonyl (C=O) groups is 2. The fourth-order valence-corrected chi connectivity index (χ4v) is 2.78. The van der Waals surface area contributed by atoms with Crippen LogP contribution in [0.5, 0.6) is 11.5 Å². The molecule has 0 saturated carbocycles. The molecule has 0 fully saturated rings. The second kappa shape index (κ2) is 9.05. The van der Waals surface area contributed by atoms with Gasteiger partial charge in [0.25, 0.3) is 5.91 Å². The van der Waals surface area contributed by atoms with E-state index >= 15 is 0 Å². The fraction of sp³-hybridized carbons (Fsp3) is 0.158. The van der Waals surface area contributed by atoms with Crippen molar-refractivity contribution in [2.75, 3.05) is 13.7 Å². The number of nitrogens with one attached hydrogen (secondary N) is 1. The molecule has 6 nitrogen and oxygen atoms in total. The largest absolute Gasteiger partial charge is 0.493 e. The van der Waals surface area contributed by atoms with Crippen LogP contribution in [-0.4, -0.2) is 30.7 Å². The van der Waals surface area contributed by atoms with E-state index in [-0.39, 0.29) is 5.70 Å². The Morgan fingerprint density at radius 3 is 2.50 bits per heavy atom. The Morgan fingerprint density at radius 2 is 1.92 bits per heavy atom. The van der Waals surface area contributed by atoms with Crippen molar-refractivity contribution in [3.05, 3.63) is 63.8 Å². The molecule has 0 aliphatic heterocycles. The highest BCUT2D eigenvalue weighted by Gasteiger charge is 2.15. The molecule has 2 aromatic carbocycles. The first-order chi connectivity index (χ1) is 12.5. The highest BCUT2D eigenvalue weighted by molar-refractivity contribution is 9.10. The van der Waals surface area contributed by atoms with Gasteiger partial charge in [0, 0.05) is 5.56 Å². The van der Waals surface area contributed by atoms with E-state index < -0.39 is 11.9 Å². The molecule has 2 aromatic rings. The molecular formula is C19H18BrNO5. The Morgan fingerprint density at radius 1 is 1.23 bits per heavy atom. The summed E-state index contributed by atoms with van der Waals surface area (Å²) in [5.74, 6) is -0.779. The number of methoxy groups -OCH3 is 1. The molecule has 0 bridgehead atoms. The van der Waals surface area contributed by atoms with Gasteiger partial charge in [0.15, 0.2) is 11.5 Å². The van der Waals surface area contributed by atoms with Crippen molar-refractivity contribution in [2.45, 2.75) is 6.92 Å². The van der Waals surface area contributed by atoms with Gasteiger partial charge in [-0.15, -0.1) is 0 Å². The van der Waals surface area contributed by atoms with Gasteiger partial charge in [-0.3, -0.25) is 4.79 Å². The van der Waals surface area contributed by atoms with Gasteiger partial charge in [-0.2, -0.15) is 0 Å². The van der Waals surface area contributed by atoms with Crippen LogP contribution in [0.3, 0.4) is 0 Å². The highest BCUT2D eigenvalue weighted by atomic mass is 79.9. The van der Waals surface area contributed by atoms with Crippen LogP contribution < -0.4 is 14.8 Å². The Bertz CT molecular complexity index is 833. The number of hydrogen-bond acceptors (Lipinski definition) is 4. The molecule has 0 atom stereocenters. The van der Waals surface area contributed by atoms with E-state index in [4.69, 9.17) is 9.47 Å². The van der Waals surface area contributed by atoms with Crippen molar-refractivity contribution in [1.29, 1.82) is 0 Å². The molecule has 0 heterocycles. The lowest BCUT2D eigenvalue weighted by Crippen LogP contribution is -2.27. The molecule has 26 heavy (non-hydrogen) atoms. The van der Waals surface area contributed by atoms with E-state index in [0.29, 0.717) is 33.7 Å². The standard InChI is InChI=1S/C19H18BrNO5/c1-3-26-17-14(20)9-12(11-16(17)25-2)10-15(19(23)24)21-18(22)13-7-5-4-6-8-13/h4-11H,3H2,1-2H3,(H,21,22)(H,23,24)/b15-10+. The number of carbonyl (C=O) groups excluding carboxylic acids is 1. The third-order valence-electron chi connectivity index (χ3n) is 3.37. The normalized spacial score (nSPS) is 11.0. The van der Waals surface area contributed by atoms with Gasteiger partial charge < -0.3 is 19.9 Å². The summed E-state index contributed by atoms with van der Waals surface area (Å²) in [7, 11) is 1.49. The third-order valence-corrected chi connectivity index (χ3v) is 3.96. The van der Waals surface area contributed by atoms with Crippen LogP contribution >= 0.6 is 15.9 Å². The summed E-state index contributed by atoms with van der Waals surface area (Å²) in [6.07, 6.45) is 1.35. The zero-order chi connectivity index (χ0) is 19.1. The summed E-state index contributed by atoms with van der Waals surface area (Å²) in [4.78, 5) is 23.7. The summed E-state index contributed by atoms with van der Waals surface area (Å²) in [5.41, 5.74) is 0.644. The van der Waals surface area contributed by atoms with Crippen LogP contribution in [0, 0.1) is 0 Å². The van der Waals surface area contributed by atoms with Crippen LogP contribution in [0.15, 0.2) is 52.6 Å². The van der Waals surface area contributed by atoms with Crippen LogP contribution in [0.4, 0.5) is 0 Å². The molecule has 2 rings (SSSR count). The maximum Gasteiger partial charge on any atom is 0.352 e. The van der Waals surface area contributed by atoms with Gasteiger partial charge in [0.2, 0.25) is 0 Å². The highest BCUT2D eigenvalue weighted by Crippen LogP contribution is 2.37. The fourth-order valence-electron chi connectivity index (χ4n) is 2.21. The smallest absolute Gasteiger partial charge is 0.352 e. The quantitative estimate of drug-likeness (QED) is 0.668. The van der Waals surface area contributed by atoms with Gasteiger partial charge in [-0.25, -0.2) is 4.79 Å². The second-order valence-corrected chi connectivity index (χ2v) is 6.00. The maximum atomic E-state index is 12.2. The first kappa shape index (κ1) is 19.5. The lowest BCUT2D eigenvalue weighted by atomic mass is 10.1. The molecule has 0 spiro atoms. The predicted octanol–water partition coefficient (Wildman–Crippen LogP) is 3.71. The summed E-state index contributed by atoms with van der Waals surface area (Å²) in [6.45, 7) is 2.30. The molecule has 0 unspecified atom stereocenters. The number of amides is 1. The molecule has 0 aliphatic carbocycles. The minimum absolute atomic E-state index is 0.253. The lowest BCUT2D eigenvalue weighted by molar-refractivity contribution is -0.132. The molecule has 0 aliphatic rings. The monoisotopic (exact) mass is 419 g/mol. The average molecular weight is 420 g/mol. The lowest BCUT2D eigenvalue weighted by Gasteiger charge is -2.13. The van der Waals surface area contributed by atoms with E-state index in [0.717, 1.165) is 0 Å². The number of carboxylic acid groups (broad SMARTS) is 1. The molecule has 136 valence electrons. The van der Waals surface area contributed by atoms with Crippen molar-refractivity contribution in [3.63, 3.8) is 0 Å². The van der Waals surface area contributed by atoms with Crippen molar-refractivity contribution in [2.24, 2.45) is 0 Å². The number of carboxylic acids is 1. The van der Waals surface area contributed by atoms with Gasteiger partial charge in [0.05, 0.1) is 18.2 Å². The Kier molecular flexibility index (Phi) is 6.80. The number of ether oxygens (including phenoxy) is 2. The summed E-state index contributed by atoms with van der Waals surface area (Å²) in [6, 6.07) is 11.7. The van der Waals surface area contributed by atoms with E-state index in [1.165, 1.54) is 13.2 Å². The molecule has 7 heteroatoms. The number of hydrogen-bond donors (Lipinski definition) is 2. The Balaban J connectivity index is 2.35. The van der Waals surface area contributed by atoms with Gasteiger partial charge in [-0.1, -0.05) is 18.2 Å². The van der Waals surface area contributed by atoms with E-state index in [1.54, 1.807) is 42.5 Å². The van der Waals surface area contributed by atoms with Crippen molar-refractivity contribution in [3.8, 4) is 11.5 Å². The first-order valence-corrected chi connectivity index (χ1v) is 8.57. The third kappa shape index (κ3) is 4.86. The number of halogens is 1. The van der Waals surface area contributed by atoms with E-state index in [2.05, 4.69) is 21.2 Å². The second-order valence-electron chi connectivity index (χ2n) is 5.15. The van der Waals surface area contributed by atoms with Gasteiger partial charge in [0.1, 0.15) is 5.70 Å². The van der Waals surface area contributed by atoms with Gasteiger partial charge >= 0.3 is 5.97 Å². The Labute approximate surface area is 159 Å². The molecule has 0 radical (unpaired) electrons. The van der Waals surface area contributed by atoms with Crippen LogP contribution in [-0.2, 0) is 4.79 Å². The number of benzene rings is 2. The van der Waals surface area contributed by atoms with Gasteiger partial charge in [-0.05, 0) is 58.8 Å². The van der Waals surface area contributed by atoms with E-state index in [1.807, 2.05) is 6.92 Å². The zero-order valence-electron chi connectivity index (χ0n) is 14.3. The molecule has 1 amide bonds. The topological polar surface area (TPSA) is 84.9 Å². The minimum Gasteiger partial charge on any atom is -0.493 e.